The third-order valence-corrected chi connectivity index (χ3v) is 2.71. The first-order valence-corrected chi connectivity index (χ1v) is 5.52. The van der Waals surface area contributed by atoms with Crippen molar-refractivity contribution in [1.82, 2.24) is 4.90 Å². The lowest BCUT2D eigenvalue weighted by atomic mass is 10.2. The fraction of sp³-hybridized carbons (Fsp3) is 0.417. The van der Waals surface area contributed by atoms with E-state index in [1.165, 1.54) is 6.07 Å². The Labute approximate surface area is 94.7 Å². The second kappa shape index (κ2) is 4.53. The summed E-state index contributed by atoms with van der Waals surface area (Å²) in [5.74, 6) is 0.0817. The summed E-state index contributed by atoms with van der Waals surface area (Å²) < 4.78 is 0. The lowest BCUT2D eigenvalue weighted by Crippen LogP contribution is -2.37. The highest BCUT2D eigenvalue weighted by molar-refractivity contribution is 5.95. The topological polar surface area (TPSA) is 66.6 Å². The monoisotopic (exact) mass is 220 g/mol. The smallest absolute Gasteiger partial charge is 0.254 e. The van der Waals surface area contributed by atoms with Crippen LogP contribution in [-0.4, -0.2) is 35.0 Å². The zero-order valence-electron chi connectivity index (χ0n) is 9.10. The van der Waals surface area contributed by atoms with Crippen molar-refractivity contribution in [1.29, 1.82) is 0 Å². The quantitative estimate of drug-likeness (QED) is 0.794. The Bertz CT molecular complexity index is 388. The van der Waals surface area contributed by atoms with Gasteiger partial charge >= 0.3 is 0 Å². The number of nitrogens with zero attached hydrogens (tertiary/aromatic N) is 1. The summed E-state index contributed by atoms with van der Waals surface area (Å²) in [7, 11) is 0. The normalized spacial score (nSPS) is 14.8. The number of aromatic hydroxyl groups is 1. The molecule has 0 atom stereocenters. The van der Waals surface area contributed by atoms with Gasteiger partial charge in [-0.05, 0) is 31.0 Å². The molecule has 0 radical (unpaired) electrons. The van der Waals surface area contributed by atoms with Gasteiger partial charge in [0.15, 0.2) is 0 Å². The fourth-order valence-corrected chi connectivity index (χ4v) is 1.78. The van der Waals surface area contributed by atoms with Crippen LogP contribution >= 0.6 is 0 Å². The molecular formula is C12H16N2O2. The third-order valence-electron chi connectivity index (χ3n) is 2.71. The van der Waals surface area contributed by atoms with Gasteiger partial charge in [-0.3, -0.25) is 4.79 Å². The Morgan fingerprint density at radius 2 is 2.25 bits per heavy atom. The van der Waals surface area contributed by atoms with Crippen LogP contribution in [0.4, 0.5) is 0 Å². The van der Waals surface area contributed by atoms with Crippen LogP contribution in [0.3, 0.4) is 0 Å². The summed E-state index contributed by atoms with van der Waals surface area (Å²) in [5.41, 5.74) is 6.03. The van der Waals surface area contributed by atoms with Crippen molar-refractivity contribution < 1.29 is 9.90 Å². The molecule has 0 saturated heterocycles. The van der Waals surface area contributed by atoms with Gasteiger partial charge in [0.1, 0.15) is 5.75 Å². The van der Waals surface area contributed by atoms with Gasteiger partial charge in [-0.1, -0.05) is 6.07 Å². The molecule has 0 bridgehead atoms. The number of amides is 1. The lowest BCUT2D eigenvalue weighted by Gasteiger charge is -2.21. The number of carbonyl (C=O) groups excluding carboxylic acids is 1. The lowest BCUT2D eigenvalue weighted by molar-refractivity contribution is 0.0748. The molecule has 0 spiro atoms. The Morgan fingerprint density at radius 1 is 1.50 bits per heavy atom. The Kier molecular flexibility index (Phi) is 3.10. The average molecular weight is 220 g/mol. The molecule has 86 valence electrons. The minimum Gasteiger partial charge on any atom is -0.508 e. The van der Waals surface area contributed by atoms with E-state index in [0.717, 1.165) is 12.8 Å². The van der Waals surface area contributed by atoms with Crippen LogP contribution in [0.1, 0.15) is 23.2 Å². The largest absolute Gasteiger partial charge is 0.508 e. The van der Waals surface area contributed by atoms with E-state index in [4.69, 9.17) is 5.73 Å². The van der Waals surface area contributed by atoms with E-state index >= 15 is 0 Å². The summed E-state index contributed by atoms with van der Waals surface area (Å²) in [6.45, 7) is 1.06. The predicted octanol–water partition coefficient (Wildman–Crippen LogP) is 0.955. The maximum atomic E-state index is 12.1. The van der Waals surface area contributed by atoms with Gasteiger partial charge in [0.05, 0.1) is 0 Å². The van der Waals surface area contributed by atoms with Crippen molar-refractivity contribution in [2.24, 2.45) is 5.73 Å². The highest BCUT2D eigenvalue weighted by Gasteiger charge is 2.32. The number of carbonyl (C=O) groups is 1. The van der Waals surface area contributed by atoms with Crippen molar-refractivity contribution in [3.8, 4) is 5.75 Å². The minimum absolute atomic E-state index is 0.0381. The molecule has 1 aliphatic rings. The van der Waals surface area contributed by atoms with Gasteiger partial charge in [-0.15, -0.1) is 0 Å². The number of phenols is 1. The fourth-order valence-electron chi connectivity index (χ4n) is 1.78. The molecule has 1 saturated carbocycles. The maximum absolute atomic E-state index is 12.1. The van der Waals surface area contributed by atoms with Gasteiger partial charge in [0.25, 0.3) is 5.91 Å². The van der Waals surface area contributed by atoms with Crippen LogP contribution in [0.15, 0.2) is 24.3 Å². The van der Waals surface area contributed by atoms with Crippen LogP contribution in [-0.2, 0) is 0 Å². The molecule has 4 heteroatoms. The molecule has 1 aromatic rings. The van der Waals surface area contributed by atoms with Crippen LogP contribution in [0.2, 0.25) is 0 Å². The highest BCUT2D eigenvalue weighted by Crippen LogP contribution is 2.28. The molecule has 0 unspecified atom stereocenters. The Morgan fingerprint density at radius 3 is 2.81 bits per heavy atom. The van der Waals surface area contributed by atoms with Gasteiger partial charge in [-0.25, -0.2) is 0 Å². The standard InChI is InChI=1S/C12H16N2O2/c13-6-7-14(10-4-5-10)12(16)9-2-1-3-11(15)8-9/h1-3,8,10,15H,4-7,13H2. The van der Waals surface area contributed by atoms with Crippen molar-refractivity contribution >= 4 is 5.91 Å². The van der Waals surface area contributed by atoms with Crippen LogP contribution in [0.25, 0.3) is 0 Å². The van der Waals surface area contributed by atoms with E-state index in [0.29, 0.717) is 24.7 Å². The van der Waals surface area contributed by atoms with Gasteiger partial charge in [0.2, 0.25) is 0 Å². The zero-order chi connectivity index (χ0) is 11.5. The zero-order valence-corrected chi connectivity index (χ0v) is 9.10. The molecule has 0 aromatic heterocycles. The number of phenolic OH excluding ortho intramolecular Hbond substituents is 1. The van der Waals surface area contributed by atoms with E-state index < -0.39 is 0 Å². The van der Waals surface area contributed by atoms with Crippen molar-refractivity contribution in [3.63, 3.8) is 0 Å². The first-order chi connectivity index (χ1) is 7.72. The first kappa shape index (κ1) is 11.0. The molecule has 0 heterocycles. The minimum atomic E-state index is -0.0381. The Balaban J connectivity index is 2.15. The van der Waals surface area contributed by atoms with E-state index in [2.05, 4.69) is 0 Å². The molecule has 1 aliphatic carbocycles. The molecular weight excluding hydrogens is 204 g/mol. The van der Waals surface area contributed by atoms with Gasteiger partial charge in [-0.2, -0.15) is 0 Å². The third kappa shape index (κ3) is 2.33. The van der Waals surface area contributed by atoms with Gasteiger partial charge < -0.3 is 15.7 Å². The molecule has 4 nitrogen and oxygen atoms in total. The molecule has 1 fully saturated rings. The summed E-state index contributed by atoms with van der Waals surface area (Å²) in [5, 5.41) is 9.33. The van der Waals surface area contributed by atoms with Crippen LogP contribution in [0.5, 0.6) is 5.75 Å². The molecule has 1 amide bonds. The Hall–Kier alpha value is -1.55. The number of benzene rings is 1. The first-order valence-electron chi connectivity index (χ1n) is 5.52. The van der Waals surface area contributed by atoms with Crippen LogP contribution in [0, 0.1) is 0 Å². The van der Waals surface area contributed by atoms with E-state index in [1.807, 2.05) is 0 Å². The summed E-state index contributed by atoms with van der Waals surface area (Å²) in [6.07, 6.45) is 2.12. The number of rotatable bonds is 4. The molecule has 2 rings (SSSR count). The van der Waals surface area contributed by atoms with Crippen molar-refractivity contribution in [3.05, 3.63) is 29.8 Å². The van der Waals surface area contributed by atoms with Crippen molar-refractivity contribution in [2.45, 2.75) is 18.9 Å². The van der Waals surface area contributed by atoms with E-state index in [1.54, 1.807) is 23.1 Å². The number of hydrogen-bond donors (Lipinski definition) is 2. The highest BCUT2D eigenvalue weighted by atomic mass is 16.3. The number of hydrogen-bond acceptors (Lipinski definition) is 3. The van der Waals surface area contributed by atoms with Gasteiger partial charge in [0, 0.05) is 24.7 Å². The van der Waals surface area contributed by atoms with Crippen LogP contribution < -0.4 is 5.73 Å². The average Bonchev–Trinajstić information content (AvgIpc) is 3.09. The van der Waals surface area contributed by atoms with Crippen molar-refractivity contribution in [2.75, 3.05) is 13.1 Å². The molecule has 0 aliphatic heterocycles. The molecule has 3 N–H and O–H groups in total. The van der Waals surface area contributed by atoms with E-state index in [9.17, 15) is 9.90 Å². The maximum Gasteiger partial charge on any atom is 0.254 e. The molecule has 1 aromatic carbocycles. The second-order valence-corrected chi connectivity index (χ2v) is 4.07. The second-order valence-electron chi connectivity index (χ2n) is 4.07. The SMILES string of the molecule is NCCN(C(=O)c1cccc(O)c1)C1CC1. The summed E-state index contributed by atoms with van der Waals surface area (Å²) in [4.78, 5) is 13.9. The summed E-state index contributed by atoms with van der Waals surface area (Å²) >= 11 is 0. The summed E-state index contributed by atoms with van der Waals surface area (Å²) in [6, 6.07) is 6.79. The predicted molar refractivity (Wildman–Crippen MR) is 61.2 cm³/mol. The van der Waals surface area contributed by atoms with E-state index in [-0.39, 0.29) is 11.7 Å². The molecule has 16 heavy (non-hydrogen) atoms. The number of nitrogens with two attached hydrogens (primary N) is 1.